The van der Waals surface area contributed by atoms with E-state index in [9.17, 15) is 9.59 Å². The Balaban J connectivity index is 3.48. The van der Waals surface area contributed by atoms with Crippen LogP contribution in [0.5, 0.6) is 0 Å². The molecule has 0 fully saturated rings. The number of nitrogens with one attached hydrogen (secondary N) is 1. The van der Waals surface area contributed by atoms with E-state index in [0.717, 1.165) is 20.3 Å². The molecule has 1 aromatic rings. The van der Waals surface area contributed by atoms with Crippen LogP contribution in [0.2, 0.25) is 15.8 Å². The second kappa shape index (κ2) is 6.36. The maximum atomic E-state index is 11.9. The van der Waals surface area contributed by atoms with Gasteiger partial charge in [0.15, 0.2) is 0 Å². The molecule has 0 atom stereocenters. The first-order valence-electron chi connectivity index (χ1n) is 6.65. The number of carbonyl (C=O) groups excluding carboxylic acids is 2. The fourth-order valence-electron chi connectivity index (χ4n) is 2.59. The number of hydrogen-bond donors (Lipinski definition) is 1. The van der Waals surface area contributed by atoms with Crippen molar-refractivity contribution in [2.24, 2.45) is 0 Å². The van der Waals surface area contributed by atoms with Crippen molar-refractivity contribution in [3.63, 3.8) is 0 Å². The van der Waals surface area contributed by atoms with Gasteiger partial charge in [0.05, 0.1) is 0 Å². The van der Waals surface area contributed by atoms with E-state index in [1.807, 2.05) is 0 Å². The molecule has 1 rings (SSSR count). The summed E-state index contributed by atoms with van der Waals surface area (Å²) in [6, 6.07) is 0. The Morgan fingerprint density at radius 2 is 1.74 bits per heavy atom. The van der Waals surface area contributed by atoms with E-state index in [2.05, 4.69) is 31.0 Å². The molecule has 0 spiro atoms. The predicted octanol–water partition coefficient (Wildman–Crippen LogP) is 2.11. The van der Waals surface area contributed by atoms with Gasteiger partial charge in [-0.15, -0.1) is 0 Å². The first kappa shape index (κ1) is 15.9. The molecule has 0 radical (unpaired) electrons. The topological polar surface area (TPSA) is 72.1 Å². The Kier molecular flexibility index (Phi) is 5.34. The Morgan fingerprint density at radius 1 is 1.21 bits per heavy atom. The second-order valence-electron chi connectivity index (χ2n) is 4.71. The van der Waals surface area contributed by atoms with Crippen LogP contribution >= 0.6 is 0 Å². The third-order valence-corrected chi connectivity index (χ3v) is 15.6. The monoisotopic (exact) mass is 328 g/mol. The summed E-state index contributed by atoms with van der Waals surface area (Å²) in [4.78, 5) is 23.6. The van der Waals surface area contributed by atoms with Gasteiger partial charge in [0.2, 0.25) is 0 Å². The molecular formula is C13H22GeN2O3. The predicted molar refractivity (Wildman–Crippen MR) is 76.8 cm³/mol. The van der Waals surface area contributed by atoms with Gasteiger partial charge in [-0.25, -0.2) is 0 Å². The molecule has 1 heterocycles. The maximum absolute atomic E-state index is 11.9. The Hall–Kier alpha value is -1.11. The van der Waals surface area contributed by atoms with Crippen LogP contribution < -0.4 is 4.53 Å². The van der Waals surface area contributed by atoms with E-state index in [4.69, 9.17) is 4.74 Å². The molecule has 1 aromatic heterocycles. The zero-order chi connectivity index (χ0) is 14.6. The zero-order valence-corrected chi connectivity index (χ0v) is 14.4. The first-order valence-corrected chi connectivity index (χ1v) is 12.1. The van der Waals surface area contributed by atoms with Crippen LogP contribution in [0.1, 0.15) is 48.5 Å². The van der Waals surface area contributed by atoms with Gasteiger partial charge in [0.25, 0.3) is 0 Å². The van der Waals surface area contributed by atoms with Gasteiger partial charge in [-0.3, -0.25) is 0 Å². The van der Waals surface area contributed by atoms with Gasteiger partial charge in [0, 0.05) is 0 Å². The molecule has 0 aliphatic rings. The molecule has 1 N–H and O–H groups in total. The van der Waals surface area contributed by atoms with Gasteiger partial charge >= 0.3 is 116 Å². The van der Waals surface area contributed by atoms with Crippen LogP contribution in [0, 0.1) is 0 Å². The molecule has 6 heteroatoms. The van der Waals surface area contributed by atoms with Crippen molar-refractivity contribution < 1.29 is 14.3 Å². The molecule has 0 saturated heterocycles. The van der Waals surface area contributed by atoms with Crippen LogP contribution in [-0.2, 0) is 4.74 Å². The van der Waals surface area contributed by atoms with Crippen molar-refractivity contribution in [3.05, 3.63) is 11.3 Å². The zero-order valence-electron chi connectivity index (χ0n) is 12.3. The summed E-state index contributed by atoms with van der Waals surface area (Å²) in [6.07, 6.45) is 0. The number of aromatic amines is 1. The van der Waals surface area contributed by atoms with E-state index in [0.29, 0.717) is 5.56 Å². The third-order valence-electron chi connectivity index (χ3n) is 4.06. The number of ether oxygens (including phenoxy) is 1. The molecule has 0 bridgehead atoms. The molecule has 0 aromatic carbocycles. The molecular weight excluding hydrogens is 305 g/mol. The fourth-order valence-corrected chi connectivity index (χ4v) is 10.3. The van der Waals surface area contributed by atoms with Crippen molar-refractivity contribution in [3.8, 4) is 0 Å². The Labute approximate surface area is 116 Å². The number of aromatic nitrogens is 2. The van der Waals surface area contributed by atoms with Crippen molar-refractivity contribution in [1.82, 2.24) is 10.2 Å². The van der Waals surface area contributed by atoms with E-state index in [1.54, 1.807) is 0 Å². The SMILES string of the molecule is C[CH2][Ge]([CH2]C)([CH2]C)[c]1[nH]nc(C(=O)OC)c1C(C)=O. The van der Waals surface area contributed by atoms with Crippen molar-refractivity contribution >= 4 is 29.5 Å². The van der Waals surface area contributed by atoms with E-state index >= 15 is 0 Å². The first-order chi connectivity index (χ1) is 8.97. The standard InChI is InChI=1S/C13H22GeN2O3/c1-6-14(7-2,8-3)12-10(9(4)17)11(15-16-12)13(18)19-5/h6-8H2,1-5H3,(H,15,16). The number of carbonyl (C=O) groups is 2. The second-order valence-corrected chi connectivity index (χ2v) is 15.6. The summed E-state index contributed by atoms with van der Waals surface area (Å²) in [7, 11) is 1.30. The number of rotatable bonds is 6. The Bertz CT molecular complexity index is 470. The van der Waals surface area contributed by atoms with Crippen LogP contribution in [0.25, 0.3) is 0 Å². The van der Waals surface area contributed by atoms with Gasteiger partial charge in [-0.05, 0) is 0 Å². The van der Waals surface area contributed by atoms with Crippen molar-refractivity contribution in [2.45, 2.75) is 43.5 Å². The number of hydrogen-bond acceptors (Lipinski definition) is 4. The molecule has 106 valence electrons. The van der Waals surface area contributed by atoms with E-state index in [-0.39, 0.29) is 11.5 Å². The third kappa shape index (κ3) is 2.75. The van der Waals surface area contributed by atoms with Crippen molar-refractivity contribution in [1.29, 1.82) is 0 Å². The summed E-state index contributed by atoms with van der Waals surface area (Å²) in [5.74, 6) is -0.665. The fraction of sp³-hybridized carbons (Fsp3) is 0.615. The summed E-state index contributed by atoms with van der Waals surface area (Å²) in [5, 5.41) is 10.2. The summed E-state index contributed by atoms with van der Waals surface area (Å²) in [5.41, 5.74) is 0.591. The number of ketones is 1. The molecule has 0 aliphatic heterocycles. The summed E-state index contributed by atoms with van der Waals surface area (Å²) in [6.45, 7) is 7.97. The van der Waals surface area contributed by atoms with E-state index in [1.165, 1.54) is 14.0 Å². The number of H-pyrrole nitrogens is 1. The normalized spacial score (nSPS) is 11.4. The van der Waals surface area contributed by atoms with Crippen LogP contribution in [0.3, 0.4) is 0 Å². The molecule has 19 heavy (non-hydrogen) atoms. The quantitative estimate of drug-likeness (QED) is 0.493. The number of methoxy groups -OCH3 is 1. The minimum atomic E-state index is -2.36. The van der Waals surface area contributed by atoms with Crippen LogP contribution in [0.4, 0.5) is 0 Å². The molecule has 0 amide bonds. The van der Waals surface area contributed by atoms with Crippen LogP contribution in [0.15, 0.2) is 0 Å². The Morgan fingerprint density at radius 3 is 2.11 bits per heavy atom. The molecule has 0 aliphatic carbocycles. The number of nitrogens with zero attached hydrogens (tertiary/aromatic N) is 1. The number of Topliss-reactive ketones (excluding diaryl/α,β-unsaturated/α-hetero) is 1. The average molecular weight is 327 g/mol. The van der Waals surface area contributed by atoms with Gasteiger partial charge in [0.1, 0.15) is 0 Å². The van der Waals surface area contributed by atoms with Crippen LogP contribution in [-0.4, -0.2) is 42.3 Å². The minimum absolute atomic E-state index is 0.116. The van der Waals surface area contributed by atoms with Gasteiger partial charge in [-0.1, -0.05) is 0 Å². The van der Waals surface area contributed by atoms with Crippen molar-refractivity contribution in [2.75, 3.05) is 7.11 Å². The number of esters is 1. The molecule has 0 saturated carbocycles. The molecule has 0 unspecified atom stereocenters. The van der Waals surface area contributed by atoms with Gasteiger partial charge < -0.3 is 0 Å². The summed E-state index contributed by atoms with van der Waals surface area (Å²) >= 11 is -2.36. The summed E-state index contributed by atoms with van der Waals surface area (Å²) < 4.78 is 5.65. The van der Waals surface area contributed by atoms with Gasteiger partial charge in [-0.2, -0.15) is 0 Å². The van der Waals surface area contributed by atoms with E-state index < -0.39 is 19.2 Å². The molecule has 5 nitrogen and oxygen atoms in total. The average Bonchev–Trinajstić information content (AvgIpc) is 2.86.